The maximum Gasteiger partial charge on any atom is 0.160 e. The van der Waals surface area contributed by atoms with Gasteiger partial charge >= 0.3 is 0 Å². The van der Waals surface area contributed by atoms with Crippen LogP contribution in [0.5, 0.6) is 0 Å². The highest BCUT2D eigenvalue weighted by Crippen LogP contribution is 2.35. The van der Waals surface area contributed by atoms with E-state index in [4.69, 9.17) is 9.98 Å². The summed E-state index contributed by atoms with van der Waals surface area (Å²) in [6.07, 6.45) is 8.30. The first-order valence-corrected chi connectivity index (χ1v) is 16.1. The third-order valence-corrected chi connectivity index (χ3v) is 9.13. The topological polar surface area (TPSA) is 37.6 Å². The van der Waals surface area contributed by atoms with Gasteiger partial charge in [-0.15, -0.1) is 0 Å². The first kappa shape index (κ1) is 28.5. The Labute approximate surface area is 275 Å². The zero-order chi connectivity index (χ0) is 31.7. The van der Waals surface area contributed by atoms with Crippen LogP contribution in [0.2, 0.25) is 0 Å². The summed E-state index contributed by atoms with van der Waals surface area (Å²) < 4.78 is 0. The Morgan fingerprint density at radius 3 is 2.09 bits per heavy atom. The van der Waals surface area contributed by atoms with Crippen LogP contribution in [0.4, 0.5) is 0 Å². The standard InChI is InChI=1S/C44H33N3/c1-29(41-27-33-13-3-5-15-35(33)37-17-7-9-19-39(37)41)46-44(32-24-22-31(23-25-32)43-21-11-12-26-45-43)47-30(2)42-28-34-14-4-6-16-36(34)38-18-8-10-20-40(38)42/h3-8,10-18,20-28H,1,9,19H2,2H3. The number of fused-ring (bicyclic) bond motifs is 6. The number of hydrogen-bond acceptors (Lipinski definition) is 2. The fourth-order valence-electron chi connectivity index (χ4n) is 6.80. The molecule has 0 saturated carbocycles. The minimum absolute atomic E-state index is 0.630. The third-order valence-electron chi connectivity index (χ3n) is 9.13. The summed E-state index contributed by atoms with van der Waals surface area (Å²) in [5, 5.41) is 7.27. The number of pyridine rings is 1. The fourth-order valence-corrected chi connectivity index (χ4v) is 6.80. The Morgan fingerprint density at radius 1 is 0.660 bits per heavy atom. The molecular formula is C44H33N3. The van der Waals surface area contributed by atoms with E-state index in [0.717, 1.165) is 46.5 Å². The van der Waals surface area contributed by atoms with Gasteiger partial charge in [0.25, 0.3) is 0 Å². The molecule has 3 heteroatoms. The lowest BCUT2D eigenvalue weighted by Gasteiger charge is -2.19. The molecule has 1 aliphatic carbocycles. The molecule has 7 aromatic rings. The van der Waals surface area contributed by atoms with Gasteiger partial charge in [-0.2, -0.15) is 0 Å². The van der Waals surface area contributed by atoms with Gasteiger partial charge in [-0.05, 0) is 87.5 Å². The number of nitrogens with zero attached hydrogens (tertiary/aromatic N) is 3. The summed E-state index contributed by atoms with van der Waals surface area (Å²) in [5.74, 6) is 0.630. The van der Waals surface area contributed by atoms with Crippen molar-refractivity contribution < 1.29 is 0 Å². The largest absolute Gasteiger partial charge is 0.256 e. The van der Waals surface area contributed by atoms with Crippen LogP contribution in [0.25, 0.3) is 55.3 Å². The summed E-state index contributed by atoms with van der Waals surface area (Å²) in [6.45, 7) is 6.63. The fraction of sp³-hybridized carbons (Fsp3) is 0.0682. The molecule has 8 rings (SSSR count). The molecule has 3 nitrogen and oxygen atoms in total. The molecule has 0 spiro atoms. The minimum Gasteiger partial charge on any atom is -0.256 e. The van der Waals surface area contributed by atoms with E-state index in [2.05, 4.69) is 140 Å². The first-order chi connectivity index (χ1) is 23.1. The Kier molecular flexibility index (Phi) is 7.35. The summed E-state index contributed by atoms with van der Waals surface area (Å²) in [4.78, 5) is 15.1. The Hall–Kier alpha value is -5.93. The Bertz CT molecular complexity index is 2410. The van der Waals surface area contributed by atoms with Gasteiger partial charge in [0.05, 0.1) is 11.4 Å². The number of aliphatic imine (C=N–C) groups is 2. The molecule has 6 aromatic carbocycles. The highest BCUT2D eigenvalue weighted by Gasteiger charge is 2.17. The smallest absolute Gasteiger partial charge is 0.160 e. The van der Waals surface area contributed by atoms with Crippen molar-refractivity contribution in [3.8, 4) is 11.3 Å². The van der Waals surface area contributed by atoms with Gasteiger partial charge < -0.3 is 0 Å². The molecule has 47 heavy (non-hydrogen) atoms. The van der Waals surface area contributed by atoms with Crippen LogP contribution in [0.3, 0.4) is 0 Å². The van der Waals surface area contributed by atoms with E-state index in [1.807, 2.05) is 24.4 Å². The molecule has 0 saturated heterocycles. The average Bonchev–Trinajstić information content (AvgIpc) is 3.14. The number of allylic oxidation sites excluding steroid dienone is 1. The normalized spacial score (nSPS) is 13.3. The molecule has 0 aliphatic heterocycles. The van der Waals surface area contributed by atoms with Crippen molar-refractivity contribution in [3.63, 3.8) is 0 Å². The van der Waals surface area contributed by atoms with Gasteiger partial charge in [0.15, 0.2) is 5.84 Å². The average molecular weight is 604 g/mol. The van der Waals surface area contributed by atoms with Crippen LogP contribution in [0, 0.1) is 0 Å². The van der Waals surface area contributed by atoms with Gasteiger partial charge in [0, 0.05) is 34.2 Å². The lowest BCUT2D eigenvalue weighted by atomic mass is 9.87. The van der Waals surface area contributed by atoms with E-state index < -0.39 is 0 Å². The summed E-state index contributed by atoms with van der Waals surface area (Å²) in [5.41, 5.74) is 9.25. The van der Waals surface area contributed by atoms with Crippen molar-refractivity contribution in [3.05, 3.63) is 174 Å². The van der Waals surface area contributed by atoms with Gasteiger partial charge in [-0.1, -0.05) is 122 Å². The Balaban J connectivity index is 1.29. The number of aromatic nitrogens is 1. The number of rotatable bonds is 5. The molecule has 0 unspecified atom stereocenters. The number of benzene rings is 6. The molecule has 0 radical (unpaired) electrons. The van der Waals surface area contributed by atoms with Crippen LogP contribution in [-0.2, 0) is 6.42 Å². The van der Waals surface area contributed by atoms with Crippen molar-refractivity contribution in [1.29, 1.82) is 0 Å². The monoisotopic (exact) mass is 603 g/mol. The quantitative estimate of drug-likeness (QED) is 0.110. The molecule has 1 heterocycles. The second kappa shape index (κ2) is 12.1. The van der Waals surface area contributed by atoms with E-state index in [0.29, 0.717) is 11.5 Å². The Morgan fingerprint density at radius 2 is 1.32 bits per heavy atom. The number of hydrogen-bond donors (Lipinski definition) is 0. The van der Waals surface area contributed by atoms with Crippen molar-refractivity contribution in [2.24, 2.45) is 9.98 Å². The summed E-state index contributed by atoms with van der Waals surface area (Å²) in [6, 6.07) is 44.5. The lowest BCUT2D eigenvalue weighted by Crippen LogP contribution is -2.06. The van der Waals surface area contributed by atoms with Gasteiger partial charge in [0.1, 0.15) is 0 Å². The molecule has 0 bridgehead atoms. The van der Waals surface area contributed by atoms with Crippen molar-refractivity contribution in [1.82, 2.24) is 4.98 Å². The van der Waals surface area contributed by atoms with Crippen LogP contribution in [0.1, 0.15) is 41.2 Å². The molecule has 0 amide bonds. The van der Waals surface area contributed by atoms with E-state index in [9.17, 15) is 0 Å². The molecular weight excluding hydrogens is 571 g/mol. The highest BCUT2D eigenvalue weighted by molar-refractivity contribution is 6.21. The van der Waals surface area contributed by atoms with Crippen LogP contribution < -0.4 is 0 Å². The predicted octanol–water partition coefficient (Wildman–Crippen LogP) is 11.1. The van der Waals surface area contributed by atoms with Gasteiger partial charge in [-0.3, -0.25) is 4.98 Å². The second-order valence-corrected chi connectivity index (χ2v) is 12.0. The summed E-state index contributed by atoms with van der Waals surface area (Å²) in [7, 11) is 0. The van der Waals surface area contributed by atoms with Crippen molar-refractivity contribution in [2.45, 2.75) is 19.8 Å². The zero-order valence-corrected chi connectivity index (χ0v) is 26.3. The molecule has 224 valence electrons. The van der Waals surface area contributed by atoms with E-state index >= 15 is 0 Å². The van der Waals surface area contributed by atoms with Crippen LogP contribution in [0.15, 0.2) is 156 Å². The lowest BCUT2D eigenvalue weighted by molar-refractivity contribution is 0.983. The van der Waals surface area contributed by atoms with Gasteiger partial charge in [-0.25, -0.2) is 9.98 Å². The molecule has 0 N–H and O–H groups in total. The van der Waals surface area contributed by atoms with Crippen LogP contribution >= 0.6 is 0 Å². The number of amidine groups is 1. The highest BCUT2D eigenvalue weighted by atomic mass is 14.9. The van der Waals surface area contributed by atoms with E-state index in [1.165, 1.54) is 43.4 Å². The van der Waals surface area contributed by atoms with Crippen molar-refractivity contribution in [2.75, 3.05) is 0 Å². The summed E-state index contributed by atoms with van der Waals surface area (Å²) >= 11 is 0. The second-order valence-electron chi connectivity index (χ2n) is 12.0. The van der Waals surface area contributed by atoms with Crippen LogP contribution in [-0.4, -0.2) is 16.5 Å². The predicted molar refractivity (Wildman–Crippen MR) is 200 cm³/mol. The zero-order valence-electron chi connectivity index (χ0n) is 26.3. The molecule has 1 aliphatic rings. The van der Waals surface area contributed by atoms with E-state index in [-0.39, 0.29) is 0 Å². The molecule has 0 fully saturated rings. The first-order valence-electron chi connectivity index (χ1n) is 16.1. The maximum atomic E-state index is 5.29. The third kappa shape index (κ3) is 5.36. The minimum atomic E-state index is 0.630. The molecule has 1 aromatic heterocycles. The van der Waals surface area contributed by atoms with Gasteiger partial charge in [0.2, 0.25) is 0 Å². The molecule has 0 atom stereocenters. The SMILES string of the molecule is C=C(N=C(N=C(C)c1cc2ccccc2c2ccccc12)c1ccc(-c2ccccn2)cc1)c1cc2ccccc2c2c1CCC=C2. The van der Waals surface area contributed by atoms with E-state index in [1.54, 1.807) is 0 Å². The maximum absolute atomic E-state index is 5.29. The van der Waals surface area contributed by atoms with Crippen molar-refractivity contribution >= 4 is 55.6 Å².